The minimum absolute atomic E-state index is 0.0220. The number of hydrogen-bond donors (Lipinski definition) is 3. The summed E-state index contributed by atoms with van der Waals surface area (Å²) in [4.78, 5) is 36.2. The molecule has 2 aromatic heterocycles. The van der Waals surface area contributed by atoms with Gasteiger partial charge in [-0.25, -0.2) is 9.37 Å². The van der Waals surface area contributed by atoms with Gasteiger partial charge in [-0.15, -0.1) is 0 Å². The van der Waals surface area contributed by atoms with E-state index in [1.54, 1.807) is 42.5 Å². The number of carbonyl (C=O) groups is 2. The zero-order valence-electron chi connectivity index (χ0n) is 21.2. The number of benzene rings is 2. The van der Waals surface area contributed by atoms with Crippen LogP contribution in [0.2, 0.25) is 0 Å². The lowest BCUT2D eigenvalue weighted by atomic mass is 10.1. The molecule has 0 spiro atoms. The number of rotatable bonds is 8. The van der Waals surface area contributed by atoms with Crippen LogP contribution in [0.5, 0.6) is 6.01 Å². The number of nitrogens with zero attached hydrogens (tertiary/aromatic N) is 5. The average Bonchev–Trinajstić information content (AvgIpc) is 3.55. The quantitative estimate of drug-likeness (QED) is 0.322. The maximum atomic E-state index is 14.6. The van der Waals surface area contributed by atoms with Crippen molar-refractivity contribution in [3.05, 3.63) is 48.0 Å². The summed E-state index contributed by atoms with van der Waals surface area (Å²) in [6.45, 7) is 3.60. The molecule has 2 aromatic carbocycles. The summed E-state index contributed by atoms with van der Waals surface area (Å²) in [6.07, 6.45) is 5.17. The molecule has 0 bridgehead atoms. The first-order valence-corrected chi connectivity index (χ1v) is 12.4. The molecule has 2 amide bonds. The van der Waals surface area contributed by atoms with Crippen molar-refractivity contribution in [1.82, 2.24) is 24.6 Å². The van der Waals surface area contributed by atoms with Crippen molar-refractivity contribution in [2.24, 2.45) is 12.8 Å². The second kappa shape index (κ2) is 10.6. The Labute approximate surface area is 218 Å². The predicted octanol–water partition coefficient (Wildman–Crippen LogP) is 2.67. The molecule has 4 N–H and O–H groups in total. The van der Waals surface area contributed by atoms with Gasteiger partial charge in [0, 0.05) is 67.3 Å². The molecule has 1 atom stereocenters. The number of likely N-dealkylation sites (tertiary alicyclic amines) is 1. The number of halogens is 1. The zero-order chi connectivity index (χ0) is 26.8. The summed E-state index contributed by atoms with van der Waals surface area (Å²) < 4.78 is 21.7. The Hall–Kier alpha value is -4.32. The molecule has 11 nitrogen and oxygen atoms in total. The van der Waals surface area contributed by atoms with Gasteiger partial charge in [0.25, 0.3) is 11.8 Å². The number of anilines is 2. The number of fused-ring (bicyclic) bond motifs is 2. The lowest BCUT2D eigenvalue weighted by Crippen LogP contribution is -2.32. The number of aromatic nitrogens is 4. The highest BCUT2D eigenvalue weighted by Gasteiger charge is 2.20. The summed E-state index contributed by atoms with van der Waals surface area (Å²) in [6, 6.07) is 6.10. The van der Waals surface area contributed by atoms with Gasteiger partial charge in [0.1, 0.15) is 5.52 Å². The van der Waals surface area contributed by atoms with Crippen molar-refractivity contribution in [2.75, 3.05) is 36.9 Å². The van der Waals surface area contributed by atoms with Crippen molar-refractivity contribution in [2.45, 2.75) is 25.8 Å². The molecule has 0 unspecified atom stereocenters. The van der Waals surface area contributed by atoms with E-state index in [0.29, 0.717) is 41.6 Å². The van der Waals surface area contributed by atoms with E-state index < -0.39 is 11.7 Å². The average molecular weight is 521 g/mol. The van der Waals surface area contributed by atoms with E-state index in [-0.39, 0.29) is 41.3 Å². The van der Waals surface area contributed by atoms with Crippen LogP contribution >= 0.6 is 0 Å². The summed E-state index contributed by atoms with van der Waals surface area (Å²) in [7, 11) is 1.70. The monoisotopic (exact) mass is 520 g/mol. The molecule has 1 aliphatic rings. The first-order valence-electron chi connectivity index (χ1n) is 12.4. The van der Waals surface area contributed by atoms with E-state index in [2.05, 4.69) is 25.7 Å². The highest BCUT2D eigenvalue weighted by atomic mass is 19.1. The van der Waals surface area contributed by atoms with Gasteiger partial charge in [-0.1, -0.05) is 0 Å². The molecule has 5 rings (SSSR count). The fourth-order valence-corrected chi connectivity index (χ4v) is 4.45. The SMILES string of the molecule is C[C@@H](N)CNc1ccc(C(=O)Nc2cc(F)c3nn(C)cc3c2)c2nc(OCC(=O)N3CCCC3)ncc12. The summed E-state index contributed by atoms with van der Waals surface area (Å²) in [5, 5.41) is 11.2. The van der Waals surface area contributed by atoms with E-state index in [1.807, 2.05) is 6.92 Å². The normalized spacial score (nSPS) is 14.2. The molecule has 3 heterocycles. The first kappa shape index (κ1) is 25.3. The third-order valence-electron chi connectivity index (χ3n) is 6.31. The lowest BCUT2D eigenvalue weighted by Gasteiger charge is -2.16. The smallest absolute Gasteiger partial charge is 0.317 e. The van der Waals surface area contributed by atoms with E-state index in [4.69, 9.17) is 10.5 Å². The fourth-order valence-electron chi connectivity index (χ4n) is 4.45. The maximum absolute atomic E-state index is 14.6. The Balaban J connectivity index is 1.45. The van der Waals surface area contributed by atoms with Gasteiger partial charge in [0.05, 0.1) is 11.1 Å². The minimum atomic E-state index is -0.542. The number of amides is 2. The lowest BCUT2D eigenvalue weighted by molar-refractivity contribution is -0.132. The van der Waals surface area contributed by atoms with E-state index in [1.165, 1.54) is 10.7 Å². The molecule has 0 radical (unpaired) electrons. The van der Waals surface area contributed by atoms with Crippen molar-refractivity contribution in [1.29, 1.82) is 0 Å². The Morgan fingerprint density at radius 2 is 2.00 bits per heavy atom. The standard InChI is InChI=1S/C26H29FN8O3/c1-15(28)11-29-21-6-5-18(25(37)31-17-9-16-13-34(2)33-23(16)20(27)10-17)24-19(21)12-30-26(32-24)38-14-22(36)35-7-3-4-8-35/h5-6,9-10,12-13,15,29H,3-4,7-8,11,14,28H2,1-2H3,(H,31,37)/t15-/m1/s1. The van der Waals surface area contributed by atoms with Crippen LogP contribution in [0.15, 0.2) is 36.7 Å². The van der Waals surface area contributed by atoms with Crippen LogP contribution in [0.25, 0.3) is 21.8 Å². The molecular formula is C26H29FN8O3. The van der Waals surface area contributed by atoms with Crippen LogP contribution in [-0.4, -0.2) is 68.7 Å². The topological polar surface area (TPSA) is 140 Å². The van der Waals surface area contributed by atoms with Gasteiger partial charge in [0.2, 0.25) is 0 Å². The molecule has 12 heteroatoms. The minimum Gasteiger partial charge on any atom is -0.453 e. The van der Waals surface area contributed by atoms with Crippen LogP contribution in [0, 0.1) is 5.82 Å². The summed E-state index contributed by atoms with van der Waals surface area (Å²) >= 11 is 0. The van der Waals surface area contributed by atoms with E-state index in [9.17, 15) is 14.0 Å². The second-order valence-corrected chi connectivity index (χ2v) is 9.46. The van der Waals surface area contributed by atoms with Crippen LogP contribution in [0.1, 0.15) is 30.1 Å². The molecule has 0 aliphatic carbocycles. The van der Waals surface area contributed by atoms with Gasteiger partial charge in [-0.05, 0) is 44.0 Å². The third-order valence-corrected chi connectivity index (χ3v) is 6.31. The Morgan fingerprint density at radius 1 is 1.21 bits per heavy atom. The molecule has 1 fully saturated rings. The van der Waals surface area contributed by atoms with Crippen LogP contribution < -0.4 is 21.1 Å². The molecule has 38 heavy (non-hydrogen) atoms. The Bertz CT molecular complexity index is 1510. The number of hydrogen-bond acceptors (Lipinski definition) is 8. The Morgan fingerprint density at radius 3 is 2.76 bits per heavy atom. The van der Waals surface area contributed by atoms with Gasteiger partial charge in [-0.3, -0.25) is 14.3 Å². The van der Waals surface area contributed by atoms with Crippen LogP contribution in [0.4, 0.5) is 15.8 Å². The van der Waals surface area contributed by atoms with Gasteiger partial charge >= 0.3 is 6.01 Å². The second-order valence-electron chi connectivity index (χ2n) is 9.46. The molecule has 0 saturated carbocycles. The van der Waals surface area contributed by atoms with Crippen molar-refractivity contribution >= 4 is 45.0 Å². The van der Waals surface area contributed by atoms with Crippen LogP contribution in [-0.2, 0) is 11.8 Å². The molecule has 198 valence electrons. The first-order chi connectivity index (χ1) is 18.3. The number of ether oxygens (including phenoxy) is 1. The largest absolute Gasteiger partial charge is 0.453 e. The number of nitrogens with two attached hydrogens (primary N) is 1. The maximum Gasteiger partial charge on any atom is 0.317 e. The van der Waals surface area contributed by atoms with E-state index in [0.717, 1.165) is 12.8 Å². The fraction of sp³-hybridized carbons (Fsp3) is 0.346. The zero-order valence-corrected chi connectivity index (χ0v) is 21.2. The number of carbonyl (C=O) groups excluding carboxylic acids is 2. The van der Waals surface area contributed by atoms with Gasteiger partial charge in [0.15, 0.2) is 12.4 Å². The van der Waals surface area contributed by atoms with Gasteiger partial charge < -0.3 is 26.0 Å². The molecule has 1 saturated heterocycles. The highest BCUT2D eigenvalue weighted by Crippen LogP contribution is 2.28. The van der Waals surface area contributed by atoms with Crippen LogP contribution in [0.3, 0.4) is 0 Å². The van der Waals surface area contributed by atoms with Crippen molar-refractivity contribution < 1.29 is 18.7 Å². The summed E-state index contributed by atoms with van der Waals surface area (Å²) in [5.41, 5.74) is 7.64. The number of aryl methyl sites for hydroxylation is 1. The van der Waals surface area contributed by atoms with Crippen molar-refractivity contribution in [3.63, 3.8) is 0 Å². The van der Waals surface area contributed by atoms with E-state index >= 15 is 0 Å². The Kier molecular flexibility index (Phi) is 7.05. The molecule has 4 aromatic rings. The van der Waals surface area contributed by atoms with Crippen molar-refractivity contribution in [3.8, 4) is 6.01 Å². The summed E-state index contributed by atoms with van der Waals surface area (Å²) in [5.74, 6) is -1.17. The third kappa shape index (κ3) is 5.35. The number of nitrogens with one attached hydrogen (secondary N) is 2. The highest BCUT2D eigenvalue weighted by molar-refractivity contribution is 6.14. The predicted molar refractivity (Wildman–Crippen MR) is 142 cm³/mol. The van der Waals surface area contributed by atoms with Gasteiger partial charge in [-0.2, -0.15) is 10.1 Å². The molecule has 1 aliphatic heterocycles. The molecular weight excluding hydrogens is 491 g/mol.